The summed E-state index contributed by atoms with van der Waals surface area (Å²) in [4.78, 5) is 23.6. The van der Waals surface area contributed by atoms with Crippen molar-refractivity contribution in [3.05, 3.63) is 63.9 Å². The van der Waals surface area contributed by atoms with Crippen molar-refractivity contribution in [2.45, 2.75) is 13.5 Å². The number of anilines is 1. The van der Waals surface area contributed by atoms with E-state index in [-0.39, 0.29) is 13.2 Å². The monoisotopic (exact) mass is 394 g/mol. The predicted octanol–water partition coefficient (Wildman–Crippen LogP) is 4.09. The SMILES string of the molecule is CCOC(=O)c1cccc(NC(=O)NCc2cc(Br)ccc2F)c1. The third kappa shape index (κ3) is 5.06. The molecule has 0 aliphatic rings. The van der Waals surface area contributed by atoms with Gasteiger partial charge in [0.2, 0.25) is 0 Å². The first-order valence-electron chi connectivity index (χ1n) is 7.25. The van der Waals surface area contributed by atoms with Gasteiger partial charge in [-0.1, -0.05) is 22.0 Å². The molecule has 0 aromatic heterocycles. The highest BCUT2D eigenvalue weighted by molar-refractivity contribution is 9.10. The van der Waals surface area contributed by atoms with E-state index in [1.54, 1.807) is 37.3 Å². The summed E-state index contributed by atoms with van der Waals surface area (Å²) in [5, 5.41) is 5.15. The quantitative estimate of drug-likeness (QED) is 0.750. The number of nitrogens with one attached hydrogen (secondary N) is 2. The van der Waals surface area contributed by atoms with E-state index >= 15 is 0 Å². The van der Waals surface area contributed by atoms with E-state index in [4.69, 9.17) is 4.74 Å². The van der Waals surface area contributed by atoms with Crippen molar-refractivity contribution in [3.8, 4) is 0 Å². The van der Waals surface area contributed by atoms with Crippen LogP contribution in [0.5, 0.6) is 0 Å². The van der Waals surface area contributed by atoms with E-state index in [2.05, 4.69) is 26.6 Å². The van der Waals surface area contributed by atoms with E-state index in [1.807, 2.05) is 0 Å². The van der Waals surface area contributed by atoms with Gasteiger partial charge in [-0.2, -0.15) is 0 Å². The minimum atomic E-state index is -0.504. The molecular formula is C17H16BrFN2O3. The van der Waals surface area contributed by atoms with E-state index in [0.29, 0.717) is 16.8 Å². The number of hydrogen-bond donors (Lipinski definition) is 2. The van der Waals surface area contributed by atoms with Crippen LogP contribution in [0.2, 0.25) is 0 Å². The summed E-state index contributed by atoms with van der Waals surface area (Å²) in [5.41, 5.74) is 1.14. The van der Waals surface area contributed by atoms with Crippen molar-refractivity contribution in [1.82, 2.24) is 5.32 Å². The molecule has 0 saturated heterocycles. The molecule has 0 aliphatic carbocycles. The minimum absolute atomic E-state index is 0.0364. The molecule has 2 aromatic rings. The average Bonchev–Trinajstić information content (AvgIpc) is 2.56. The zero-order valence-corrected chi connectivity index (χ0v) is 14.5. The third-order valence-electron chi connectivity index (χ3n) is 3.08. The number of ether oxygens (including phenoxy) is 1. The maximum atomic E-state index is 13.6. The molecule has 126 valence electrons. The largest absolute Gasteiger partial charge is 0.462 e. The second-order valence-electron chi connectivity index (χ2n) is 4.84. The standard InChI is InChI=1S/C17H16BrFN2O3/c1-2-24-16(22)11-4-3-5-14(9-11)21-17(23)20-10-12-8-13(18)6-7-15(12)19/h3-9H,2,10H2,1H3,(H2,20,21,23). The Hall–Kier alpha value is -2.41. The van der Waals surface area contributed by atoms with Crippen LogP contribution in [0.3, 0.4) is 0 Å². The van der Waals surface area contributed by atoms with E-state index < -0.39 is 17.8 Å². The molecule has 2 N–H and O–H groups in total. The lowest BCUT2D eigenvalue weighted by Gasteiger charge is -2.10. The highest BCUT2D eigenvalue weighted by Crippen LogP contribution is 2.15. The van der Waals surface area contributed by atoms with Gasteiger partial charge in [0.1, 0.15) is 5.82 Å². The summed E-state index contributed by atoms with van der Waals surface area (Å²) in [7, 11) is 0. The molecule has 0 atom stereocenters. The molecule has 0 saturated carbocycles. The first-order valence-corrected chi connectivity index (χ1v) is 8.05. The number of halogens is 2. The highest BCUT2D eigenvalue weighted by atomic mass is 79.9. The Morgan fingerprint density at radius 1 is 1.21 bits per heavy atom. The predicted molar refractivity (Wildman–Crippen MR) is 92.4 cm³/mol. The number of amides is 2. The van der Waals surface area contributed by atoms with Crippen LogP contribution in [0.15, 0.2) is 46.9 Å². The number of urea groups is 1. The van der Waals surface area contributed by atoms with Gasteiger partial charge < -0.3 is 15.4 Å². The van der Waals surface area contributed by atoms with Crippen molar-refractivity contribution in [3.63, 3.8) is 0 Å². The average molecular weight is 395 g/mol. The maximum absolute atomic E-state index is 13.6. The topological polar surface area (TPSA) is 67.4 Å². The molecule has 0 bridgehead atoms. The molecule has 2 rings (SSSR count). The summed E-state index contributed by atoms with van der Waals surface area (Å²) < 4.78 is 19.2. The van der Waals surface area contributed by atoms with Gasteiger partial charge in [0.15, 0.2) is 0 Å². The second kappa shape index (κ2) is 8.44. The van der Waals surface area contributed by atoms with Crippen LogP contribution in [-0.2, 0) is 11.3 Å². The van der Waals surface area contributed by atoms with Crippen LogP contribution in [0, 0.1) is 5.82 Å². The van der Waals surface area contributed by atoms with E-state index in [0.717, 1.165) is 4.47 Å². The number of rotatable bonds is 5. The highest BCUT2D eigenvalue weighted by Gasteiger charge is 2.09. The molecule has 0 heterocycles. The van der Waals surface area contributed by atoms with Gasteiger partial charge in [0.25, 0.3) is 0 Å². The lowest BCUT2D eigenvalue weighted by Crippen LogP contribution is -2.28. The second-order valence-corrected chi connectivity index (χ2v) is 5.76. The van der Waals surface area contributed by atoms with Crippen molar-refractivity contribution < 1.29 is 18.7 Å². The Morgan fingerprint density at radius 2 is 2.00 bits per heavy atom. The minimum Gasteiger partial charge on any atom is -0.462 e. The zero-order chi connectivity index (χ0) is 17.5. The van der Waals surface area contributed by atoms with Gasteiger partial charge in [-0.15, -0.1) is 0 Å². The molecule has 0 spiro atoms. The molecule has 7 heteroatoms. The molecule has 2 aromatic carbocycles. The van der Waals surface area contributed by atoms with Crippen LogP contribution in [0.4, 0.5) is 14.9 Å². The van der Waals surface area contributed by atoms with Crippen molar-refractivity contribution in [2.24, 2.45) is 0 Å². The van der Waals surface area contributed by atoms with Crippen molar-refractivity contribution in [2.75, 3.05) is 11.9 Å². The molecular weight excluding hydrogens is 379 g/mol. The summed E-state index contributed by atoms with van der Waals surface area (Å²) in [6.07, 6.45) is 0. The van der Waals surface area contributed by atoms with E-state index in [9.17, 15) is 14.0 Å². The van der Waals surface area contributed by atoms with Gasteiger partial charge in [0, 0.05) is 22.3 Å². The van der Waals surface area contributed by atoms with Gasteiger partial charge in [-0.25, -0.2) is 14.0 Å². The first-order chi connectivity index (χ1) is 11.5. The Labute approximate surface area is 147 Å². The molecule has 5 nitrogen and oxygen atoms in total. The summed E-state index contributed by atoms with van der Waals surface area (Å²) >= 11 is 3.25. The fraction of sp³-hybridized carbons (Fsp3) is 0.176. The first kappa shape index (κ1) is 17.9. The van der Waals surface area contributed by atoms with E-state index in [1.165, 1.54) is 12.1 Å². The number of benzene rings is 2. The van der Waals surface area contributed by atoms with Crippen LogP contribution in [-0.4, -0.2) is 18.6 Å². The Bertz CT molecular complexity index is 752. The summed E-state index contributed by atoms with van der Waals surface area (Å²) in [6, 6.07) is 10.4. The number of carbonyl (C=O) groups is 2. The van der Waals surface area contributed by atoms with Gasteiger partial charge >= 0.3 is 12.0 Å². The Morgan fingerprint density at radius 3 is 2.75 bits per heavy atom. The van der Waals surface area contributed by atoms with Crippen LogP contribution in [0.1, 0.15) is 22.8 Å². The molecule has 0 unspecified atom stereocenters. The molecule has 0 aliphatic heterocycles. The number of esters is 1. The zero-order valence-electron chi connectivity index (χ0n) is 12.9. The number of carbonyl (C=O) groups excluding carboxylic acids is 2. The van der Waals surface area contributed by atoms with Crippen molar-refractivity contribution in [1.29, 1.82) is 0 Å². The smallest absolute Gasteiger partial charge is 0.338 e. The molecule has 0 radical (unpaired) electrons. The van der Waals surface area contributed by atoms with Crippen LogP contribution >= 0.6 is 15.9 Å². The van der Waals surface area contributed by atoms with Crippen molar-refractivity contribution >= 4 is 33.6 Å². The maximum Gasteiger partial charge on any atom is 0.338 e. The van der Waals surface area contributed by atoms with Crippen LogP contribution in [0.25, 0.3) is 0 Å². The third-order valence-corrected chi connectivity index (χ3v) is 3.57. The summed E-state index contributed by atoms with van der Waals surface area (Å²) in [6.45, 7) is 2.03. The fourth-order valence-corrected chi connectivity index (χ4v) is 2.38. The number of hydrogen-bond acceptors (Lipinski definition) is 3. The summed E-state index contributed by atoms with van der Waals surface area (Å²) in [5.74, 6) is -0.861. The lowest BCUT2D eigenvalue weighted by molar-refractivity contribution is 0.0526. The van der Waals surface area contributed by atoms with Gasteiger partial charge in [-0.05, 0) is 43.3 Å². The molecule has 24 heavy (non-hydrogen) atoms. The Balaban J connectivity index is 1.96. The van der Waals surface area contributed by atoms with Gasteiger partial charge in [0.05, 0.1) is 12.2 Å². The normalized spacial score (nSPS) is 10.1. The molecule has 0 fully saturated rings. The van der Waals surface area contributed by atoms with Crippen LogP contribution < -0.4 is 10.6 Å². The molecule has 2 amide bonds. The lowest BCUT2D eigenvalue weighted by atomic mass is 10.2. The van der Waals surface area contributed by atoms with Gasteiger partial charge in [-0.3, -0.25) is 0 Å². The fourth-order valence-electron chi connectivity index (χ4n) is 1.97. The Kier molecular flexibility index (Phi) is 6.31.